The second-order valence-electron chi connectivity index (χ2n) is 5.02. The molecule has 25 heavy (non-hydrogen) atoms. The van der Waals surface area contributed by atoms with Gasteiger partial charge in [0.05, 0.1) is 17.7 Å². The Morgan fingerprint density at radius 3 is 2.36 bits per heavy atom. The van der Waals surface area contributed by atoms with Crippen molar-refractivity contribution in [2.75, 3.05) is 12.5 Å². The van der Waals surface area contributed by atoms with Crippen molar-refractivity contribution >= 4 is 26.5 Å². The van der Waals surface area contributed by atoms with Gasteiger partial charge in [0, 0.05) is 0 Å². The topological polar surface area (TPSA) is 123 Å². The fourth-order valence-corrected chi connectivity index (χ4v) is 3.16. The first kappa shape index (κ1) is 18.4. The van der Waals surface area contributed by atoms with Gasteiger partial charge in [0.15, 0.2) is 0 Å². The number of amides is 1. The highest BCUT2D eigenvalue weighted by Gasteiger charge is 2.29. The summed E-state index contributed by atoms with van der Waals surface area (Å²) < 4.78 is 30.5. The van der Waals surface area contributed by atoms with E-state index in [1.807, 2.05) is 6.92 Å². The lowest BCUT2D eigenvalue weighted by Crippen LogP contribution is -2.40. The number of aryl methyl sites for hydroxylation is 1. The number of benzene rings is 2. The Hall–Kier alpha value is -2.91. The van der Waals surface area contributed by atoms with Crippen LogP contribution in [0.15, 0.2) is 58.5 Å². The van der Waals surface area contributed by atoms with Gasteiger partial charge in [0.1, 0.15) is 5.75 Å². The SMILES string of the molecule is COc1ccccc1N/N=C(\C(=O)NN)S(=O)(=O)c1ccc(C)cc1. The van der Waals surface area contributed by atoms with Crippen LogP contribution in [0.25, 0.3) is 0 Å². The molecule has 132 valence electrons. The molecule has 0 unspecified atom stereocenters. The van der Waals surface area contributed by atoms with E-state index in [1.54, 1.807) is 41.8 Å². The highest BCUT2D eigenvalue weighted by atomic mass is 32.2. The van der Waals surface area contributed by atoms with Gasteiger partial charge in [-0.3, -0.25) is 15.6 Å². The molecule has 2 aromatic carbocycles. The summed E-state index contributed by atoms with van der Waals surface area (Å²) in [4.78, 5) is 11.9. The summed E-state index contributed by atoms with van der Waals surface area (Å²) in [5, 5.41) is 2.99. The zero-order valence-electron chi connectivity index (χ0n) is 13.7. The number of nitrogens with two attached hydrogens (primary N) is 1. The molecule has 0 saturated carbocycles. The lowest BCUT2D eigenvalue weighted by molar-refractivity contribution is -0.114. The number of hydrazone groups is 1. The van der Waals surface area contributed by atoms with Gasteiger partial charge in [0.2, 0.25) is 14.9 Å². The molecule has 8 nitrogen and oxygen atoms in total. The second-order valence-corrected chi connectivity index (χ2v) is 6.88. The first-order valence-electron chi connectivity index (χ1n) is 7.19. The lowest BCUT2D eigenvalue weighted by Gasteiger charge is -2.10. The smallest absolute Gasteiger partial charge is 0.297 e. The number of nitrogens with zero attached hydrogens (tertiary/aromatic N) is 1. The van der Waals surface area contributed by atoms with Crippen LogP contribution in [0.2, 0.25) is 0 Å². The number of hydrogen-bond acceptors (Lipinski definition) is 7. The maximum absolute atomic E-state index is 12.7. The van der Waals surface area contributed by atoms with Crippen LogP contribution in [0.4, 0.5) is 5.69 Å². The van der Waals surface area contributed by atoms with Crippen molar-refractivity contribution in [2.24, 2.45) is 10.9 Å². The number of hydrogen-bond donors (Lipinski definition) is 3. The molecule has 0 bridgehead atoms. The van der Waals surface area contributed by atoms with E-state index in [9.17, 15) is 13.2 Å². The van der Waals surface area contributed by atoms with Crippen molar-refractivity contribution < 1.29 is 17.9 Å². The van der Waals surface area contributed by atoms with Crippen LogP contribution in [-0.4, -0.2) is 26.5 Å². The molecule has 0 aliphatic carbocycles. The molecule has 0 aliphatic rings. The van der Waals surface area contributed by atoms with Gasteiger partial charge in [0.25, 0.3) is 5.91 Å². The summed E-state index contributed by atoms with van der Waals surface area (Å²) in [5.41, 5.74) is 5.61. The zero-order chi connectivity index (χ0) is 18.4. The predicted molar refractivity (Wildman–Crippen MR) is 94.7 cm³/mol. The van der Waals surface area contributed by atoms with Gasteiger partial charge in [-0.25, -0.2) is 14.3 Å². The minimum Gasteiger partial charge on any atom is -0.495 e. The monoisotopic (exact) mass is 362 g/mol. The van der Waals surface area contributed by atoms with Crippen LogP contribution >= 0.6 is 0 Å². The molecule has 0 saturated heterocycles. The molecule has 0 radical (unpaired) electrons. The van der Waals surface area contributed by atoms with Crippen molar-refractivity contribution in [3.8, 4) is 5.75 Å². The van der Waals surface area contributed by atoms with Crippen molar-refractivity contribution in [3.63, 3.8) is 0 Å². The Bertz CT molecular complexity index is 893. The van der Waals surface area contributed by atoms with Gasteiger partial charge in [-0.1, -0.05) is 29.8 Å². The summed E-state index contributed by atoms with van der Waals surface area (Å²) in [6.07, 6.45) is 0. The number of para-hydroxylation sites is 2. The van der Waals surface area contributed by atoms with E-state index in [0.29, 0.717) is 11.4 Å². The number of anilines is 1. The first-order chi connectivity index (χ1) is 11.9. The number of carbonyl (C=O) groups excluding carboxylic acids is 1. The Morgan fingerprint density at radius 1 is 1.12 bits per heavy atom. The number of ether oxygens (including phenoxy) is 1. The van der Waals surface area contributed by atoms with E-state index >= 15 is 0 Å². The van der Waals surface area contributed by atoms with Crippen LogP contribution in [0.1, 0.15) is 5.56 Å². The third-order valence-electron chi connectivity index (χ3n) is 3.30. The summed E-state index contributed by atoms with van der Waals surface area (Å²) in [7, 11) is -2.71. The van der Waals surface area contributed by atoms with Crippen molar-refractivity contribution in [2.45, 2.75) is 11.8 Å². The third kappa shape index (κ3) is 4.14. The highest BCUT2D eigenvalue weighted by Crippen LogP contribution is 2.23. The van der Waals surface area contributed by atoms with Crippen LogP contribution in [0.5, 0.6) is 5.75 Å². The van der Waals surface area contributed by atoms with Gasteiger partial charge in [-0.15, -0.1) is 0 Å². The summed E-state index contributed by atoms with van der Waals surface area (Å²) >= 11 is 0. The fourth-order valence-electron chi connectivity index (χ4n) is 1.97. The molecule has 0 aliphatic heterocycles. The molecule has 0 heterocycles. The Kier molecular flexibility index (Phi) is 5.73. The molecule has 4 N–H and O–H groups in total. The Balaban J connectivity index is 2.45. The molecule has 0 fully saturated rings. The quantitative estimate of drug-likeness (QED) is 0.247. The van der Waals surface area contributed by atoms with Crippen molar-refractivity contribution in [3.05, 3.63) is 54.1 Å². The van der Waals surface area contributed by atoms with E-state index in [2.05, 4.69) is 10.5 Å². The highest BCUT2D eigenvalue weighted by molar-refractivity contribution is 8.08. The molecule has 1 amide bonds. The third-order valence-corrected chi connectivity index (χ3v) is 4.97. The summed E-state index contributed by atoms with van der Waals surface area (Å²) in [5.74, 6) is 4.50. The van der Waals surface area contributed by atoms with E-state index in [4.69, 9.17) is 10.6 Å². The minimum atomic E-state index is -4.16. The summed E-state index contributed by atoms with van der Waals surface area (Å²) in [6.45, 7) is 1.82. The van der Waals surface area contributed by atoms with Crippen LogP contribution in [0.3, 0.4) is 0 Å². The van der Waals surface area contributed by atoms with E-state index in [1.165, 1.54) is 19.2 Å². The maximum Gasteiger partial charge on any atom is 0.297 e. The maximum atomic E-state index is 12.7. The first-order valence-corrected chi connectivity index (χ1v) is 8.68. The van der Waals surface area contributed by atoms with Gasteiger partial charge >= 0.3 is 0 Å². The number of rotatable bonds is 4. The number of hydrazine groups is 1. The molecule has 0 aromatic heterocycles. The average Bonchev–Trinajstić information content (AvgIpc) is 2.62. The van der Waals surface area contributed by atoms with Crippen molar-refractivity contribution in [1.82, 2.24) is 5.43 Å². The normalized spacial score (nSPS) is 11.7. The van der Waals surface area contributed by atoms with E-state index in [0.717, 1.165) is 5.56 Å². The minimum absolute atomic E-state index is 0.0673. The molecular formula is C16H18N4O4S. The Labute approximate surface area is 145 Å². The number of nitrogens with one attached hydrogen (secondary N) is 2. The molecule has 2 rings (SSSR count). The average molecular weight is 362 g/mol. The molecule has 9 heteroatoms. The molecular weight excluding hydrogens is 344 g/mol. The number of carbonyl (C=O) groups is 1. The lowest BCUT2D eigenvalue weighted by atomic mass is 10.2. The van der Waals surface area contributed by atoms with Gasteiger partial charge < -0.3 is 4.74 Å². The number of sulfone groups is 1. The van der Waals surface area contributed by atoms with E-state index in [-0.39, 0.29) is 4.90 Å². The van der Waals surface area contributed by atoms with E-state index < -0.39 is 20.8 Å². The largest absolute Gasteiger partial charge is 0.495 e. The molecule has 0 atom stereocenters. The number of methoxy groups -OCH3 is 1. The standard InChI is InChI=1S/C16H18N4O4S/c1-11-7-9-12(10-8-11)25(22,23)16(15(21)18-17)20-19-13-5-3-4-6-14(13)24-2/h3-10,19H,17H2,1-2H3,(H,18,21)/b20-16+. The van der Waals surface area contributed by atoms with Gasteiger partial charge in [-0.2, -0.15) is 5.10 Å². The van der Waals surface area contributed by atoms with Crippen LogP contribution in [0, 0.1) is 6.92 Å². The van der Waals surface area contributed by atoms with Gasteiger partial charge in [-0.05, 0) is 31.2 Å². The van der Waals surface area contributed by atoms with Crippen LogP contribution < -0.4 is 21.4 Å². The molecule has 0 spiro atoms. The zero-order valence-corrected chi connectivity index (χ0v) is 14.5. The second kappa shape index (κ2) is 7.77. The van der Waals surface area contributed by atoms with Crippen molar-refractivity contribution in [1.29, 1.82) is 0 Å². The van der Waals surface area contributed by atoms with Crippen LogP contribution in [-0.2, 0) is 14.6 Å². The predicted octanol–water partition coefficient (Wildman–Crippen LogP) is 1.19. The molecule has 2 aromatic rings. The fraction of sp³-hybridized carbons (Fsp3) is 0.125. The Morgan fingerprint density at radius 2 is 1.76 bits per heavy atom. The summed E-state index contributed by atoms with van der Waals surface area (Å²) in [6, 6.07) is 12.8.